The van der Waals surface area contributed by atoms with Gasteiger partial charge in [0, 0.05) is 23.2 Å². The highest BCUT2D eigenvalue weighted by atomic mass is 16.2. The summed E-state index contributed by atoms with van der Waals surface area (Å²) < 4.78 is 0. The fourth-order valence-corrected chi connectivity index (χ4v) is 3.33. The van der Waals surface area contributed by atoms with Gasteiger partial charge in [-0.2, -0.15) is 0 Å². The van der Waals surface area contributed by atoms with E-state index in [1.165, 1.54) is 12.8 Å². The predicted molar refractivity (Wildman–Crippen MR) is 91.2 cm³/mol. The number of hydrogen-bond donors (Lipinski definition) is 2. The quantitative estimate of drug-likeness (QED) is 0.892. The third kappa shape index (κ3) is 3.92. The van der Waals surface area contributed by atoms with Crippen LogP contribution in [0.4, 0.5) is 5.69 Å². The van der Waals surface area contributed by atoms with Crippen LogP contribution in [0.15, 0.2) is 24.3 Å². The van der Waals surface area contributed by atoms with Gasteiger partial charge in [-0.1, -0.05) is 26.7 Å². The maximum absolute atomic E-state index is 12.4. The number of benzene rings is 1. The molecule has 0 heterocycles. The van der Waals surface area contributed by atoms with Crippen LogP contribution in [0.25, 0.3) is 0 Å². The van der Waals surface area contributed by atoms with Crippen LogP contribution in [0.2, 0.25) is 0 Å². The first-order chi connectivity index (χ1) is 11.0. The molecule has 2 fully saturated rings. The van der Waals surface area contributed by atoms with Crippen LogP contribution in [-0.4, -0.2) is 17.9 Å². The molecule has 23 heavy (non-hydrogen) atoms. The Morgan fingerprint density at radius 3 is 2.35 bits per heavy atom. The summed E-state index contributed by atoms with van der Waals surface area (Å²) in [6.45, 7) is 4.49. The lowest BCUT2D eigenvalue weighted by molar-refractivity contribution is -0.117. The lowest BCUT2D eigenvalue weighted by atomic mass is 9.78. The van der Waals surface area contributed by atoms with E-state index in [4.69, 9.17) is 0 Å². The second-order valence-electron chi connectivity index (χ2n) is 7.19. The van der Waals surface area contributed by atoms with Gasteiger partial charge in [0.2, 0.25) is 5.91 Å². The van der Waals surface area contributed by atoms with Gasteiger partial charge in [0.25, 0.3) is 5.91 Å². The van der Waals surface area contributed by atoms with Crippen molar-refractivity contribution in [1.82, 2.24) is 5.32 Å². The summed E-state index contributed by atoms with van der Waals surface area (Å²) >= 11 is 0. The van der Waals surface area contributed by atoms with Gasteiger partial charge in [-0.15, -0.1) is 0 Å². The van der Waals surface area contributed by atoms with Crippen LogP contribution < -0.4 is 10.6 Å². The third-order valence-electron chi connectivity index (χ3n) is 5.39. The molecule has 124 valence electrons. The van der Waals surface area contributed by atoms with Crippen LogP contribution in [0.1, 0.15) is 56.3 Å². The highest BCUT2D eigenvalue weighted by Crippen LogP contribution is 2.31. The molecule has 0 saturated heterocycles. The molecular formula is C19H26N2O2. The standard InChI is InChI=1S/C19H26N2O2/c1-12-4-3-5-17(13(12)2)21-19(23)15-8-10-16(11-9-15)20-18(22)14-6-7-14/h8-14,17H,3-7H2,1-2H3,(H,20,22)(H,21,23). The summed E-state index contributed by atoms with van der Waals surface area (Å²) in [5.74, 6) is 1.44. The summed E-state index contributed by atoms with van der Waals surface area (Å²) in [6.07, 6.45) is 5.48. The Morgan fingerprint density at radius 1 is 1.00 bits per heavy atom. The Bertz CT molecular complexity index is 578. The lowest BCUT2D eigenvalue weighted by Crippen LogP contribution is -2.43. The van der Waals surface area contributed by atoms with Gasteiger partial charge in [-0.3, -0.25) is 9.59 Å². The van der Waals surface area contributed by atoms with Crippen LogP contribution in [0, 0.1) is 17.8 Å². The van der Waals surface area contributed by atoms with Crippen molar-refractivity contribution >= 4 is 17.5 Å². The summed E-state index contributed by atoms with van der Waals surface area (Å²) in [7, 11) is 0. The Labute approximate surface area is 138 Å². The SMILES string of the molecule is CC1CCCC(NC(=O)c2ccc(NC(=O)C3CC3)cc2)C1C. The fourth-order valence-electron chi connectivity index (χ4n) is 3.33. The first-order valence-electron chi connectivity index (χ1n) is 8.76. The number of anilines is 1. The molecular weight excluding hydrogens is 288 g/mol. The molecule has 2 amide bonds. The zero-order valence-electron chi connectivity index (χ0n) is 14.0. The van der Waals surface area contributed by atoms with Gasteiger partial charge in [-0.05, 0) is 55.4 Å². The lowest BCUT2D eigenvalue weighted by Gasteiger charge is -2.34. The molecule has 3 rings (SSSR count). The first-order valence-corrected chi connectivity index (χ1v) is 8.76. The molecule has 2 aliphatic carbocycles. The summed E-state index contributed by atoms with van der Waals surface area (Å²) in [4.78, 5) is 24.2. The molecule has 1 aromatic rings. The third-order valence-corrected chi connectivity index (χ3v) is 5.39. The Balaban J connectivity index is 1.57. The van der Waals surface area contributed by atoms with Crippen molar-refractivity contribution in [3.8, 4) is 0 Å². The van der Waals surface area contributed by atoms with Crippen LogP contribution >= 0.6 is 0 Å². The van der Waals surface area contributed by atoms with E-state index in [0.717, 1.165) is 24.9 Å². The van der Waals surface area contributed by atoms with Crippen molar-refractivity contribution < 1.29 is 9.59 Å². The summed E-state index contributed by atoms with van der Waals surface area (Å²) in [5, 5.41) is 6.07. The minimum Gasteiger partial charge on any atom is -0.349 e. The van der Waals surface area contributed by atoms with Crippen molar-refractivity contribution in [3.63, 3.8) is 0 Å². The molecule has 3 unspecified atom stereocenters. The van der Waals surface area contributed by atoms with Gasteiger partial charge in [-0.25, -0.2) is 0 Å². The Kier molecular flexibility index (Phi) is 4.69. The average Bonchev–Trinajstić information content (AvgIpc) is 3.37. The largest absolute Gasteiger partial charge is 0.349 e. The number of carbonyl (C=O) groups excluding carboxylic acids is 2. The Morgan fingerprint density at radius 2 is 1.70 bits per heavy atom. The van der Waals surface area contributed by atoms with E-state index in [-0.39, 0.29) is 23.8 Å². The predicted octanol–water partition coefficient (Wildman–Crippen LogP) is 3.59. The summed E-state index contributed by atoms with van der Waals surface area (Å²) in [5.41, 5.74) is 1.41. The van der Waals surface area contributed by atoms with Gasteiger partial charge < -0.3 is 10.6 Å². The Hall–Kier alpha value is -1.84. The topological polar surface area (TPSA) is 58.2 Å². The maximum atomic E-state index is 12.4. The van der Waals surface area contributed by atoms with Gasteiger partial charge in [0.15, 0.2) is 0 Å². The van der Waals surface area contributed by atoms with Gasteiger partial charge in [0.05, 0.1) is 0 Å². The van der Waals surface area contributed by atoms with E-state index in [2.05, 4.69) is 24.5 Å². The molecule has 0 bridgehead atoms. The van der Waals surface area contributed by atoms with Gasteiger partial charge >= 0.3 is 0 Å². The number of amides is 2. The zero-order chi connectivity index (χ0) is 16.4. The molecule has 2 saturated carbocycles. The number of hydrogen-bond acceptors (Lipinski definition) is 2. The highest BCUT2D eigenvalue weighted by molar-refractivity contribution is 5.96. The summed E-state index contributed by atoms with van der Waals surface area (Å²) in [6, 6.07) is 7.45. The van der Waals surface area contributed by atoms with Crippen molar-refractivity contribution in [2.45, 2.75) is 52.0 Å². The van der Waals surface area contributed by atoms with E-state index >= 15 is 0 Å². The second-order valence-corrected chi connectivity index (χ2v) is 7.19. The van der Waals surface area contributed by atoms with E-state index in [0.29, 0.717) is 17.4 Å². The number of rotatable bonds is 4. The first kappa shape index (κ1) is 16.0. The molecule has 0 radical (unpaired) electrons. The zero-order valence-corrected chi connectivity index (χ0v) is 14.0. The minimum absolute atomic E-state index is 0.0176. The molecule has 4 heteroatoms. The van der Waals surface area contributed by atoms with Crippen molar-refractivity contribution in [3.05, 3.63) is 29.8 Å². The normalized spacial score (nSPS) is 27.3. The number of nitrogens with one attached hydrogen (secondary N) is 2. The van der Waals surface area contributed by atoms with E-state index < -0.39 is 0 Å². The van der Waals surface area contributed by atoms with Crippen LogP contribution in [0.5, 0.6) is 0 Å². The van der Waals surface area contributed by atoms with E-state index in [1.807, 2.05) is 12.1 Å². The van der Waals surface area contributed by atoms with E-state index in [1.54, 1.807) is 12.1 Å². The average molecular weight is 314 g/mol. The molecule has 3 atom stereocenters. The maximum Gasteiger partial charge on any atom is 0.251 e. The van der Waals surface area contributed by atoms with E-state index in [9.17, 15) is 9.59 Å². The van der Waals surface area contributed by atoms with Crippen molar-refractivity contribution in [1.29, 1.82) is 0 Å². The molecule has 4 nitrogen and oxygen atoms in total. The molecule has 0 aliphatic heterocycles. The highest BCUT2D eigenvalue weighted by Gasteiger charge is 2.30. The molecule has 2 aliphatic rings. The second kappa shape index (κ2) is 6.73. The monoisotopic (exact) mass is 314 g/mol. The molecule has 0 aromatic heterocycles. The van der Waals surface area contributed by atoms with Crippen LogP contribution in [0.3, 0.4) is 0 Å². The van der Waals surface area contributed by atoms with Gasteiger partial charge in [0.1, 0.15) is 0 Å². The fraction of sp³-hybridized carbons (Fsp3) is 0.579. The molecule has 0 spiro atoms. The van der Waals surface area contributed by atoms with Crippen molar-refractivity contribution in [2.75, 3.05) is 5.32 Å². The number of carbonyl (C=O) groups is 2. The minimum atomic E-state index is -0.0176. The smallest absolute Gasteiger partial charge is 0.251 e. The van der Waals surface area contributed by atoms with Crippen molar-refractivity contribution in [2.24, 2.45) is 17.8 Å². The van der Waals surface area contributed by atoms with Crippen LogP contribution in [-0.2, 0) is 4.79 Å². The molecule has 2 N–H and O–H groups in total. The molecule has 1 aromatic carbocycles.